The Morgan fingerprint density at radius 2 is 1.86 bits per heavy atom. The summed E-state index contributed by atoms with van der Waals surface area (Å²) in [6, 6.07) is 19.8. The smallest absolute Gasteiger partial charge is 0.272 e. The van der Waals surface area contributed by atoms with E-state index in [0.29, 0.717) is 5.56 Å². The number of fused-ring (bicyclic) bond motifs is 1. The van der Waals surface area contributed by atoms with E-state index in [9.17, 15) is 4.79 Å². The van der Waals surface area contributed by atoms with Crippen LogP contribution in [0.1, 0.15) is 6.42 Å². The number of H-pyrrole nitrogens is 1. The van der Waals surface area contributed by atoms with Gasteiger partial charge >= 0.3 is 0 Å². The molecule has 3 heterocycles. The van der Waals surface area contributed by atoms with Crippen LogP contribution in [0.25, 0.3) is 33.3 Å². The lowest BCUT2D eigenvalue weighted by Gasteiger charge is -2.15. The second kappa shape index (κ2) is 6.78. The molecule has 28 heavy (non-hydrogen) atoms. The Labute approximate surface area is 162 Å². The molecule has 0 atom stereocenters. The lowest BCUT2D eigenvalue weighted by Crippen LogP contribution is -2.12. The van der Waals surface area contributed by atoms with Crippen LogP contribution in [0.15, 0.2) is 83.9 Å². The van der Waals surface area contributed by atoms with E-state index in [0.717, 1.165) is 46.4 Å². The predicted octanol–water partition coefficient (Wildman–Crippen LogP) is 4.38. The van der Waals surface area contributed by atoms with Crippen molar-refractivity contribution in [2.75, 3.05) is 11.4 Å². The van der Waals surface area contributed by atoms with Gasteiger partial charge in [0.15, 0.2) is 0 Å². The monoisotopic (exact) mass is 366 g/mol. The summed E-state index contributed by atoms with van der Waals surface area (Å²) in [4.78, 5) is 19.1. The fraction of sp³-hybridized carbons (Fsp3) is 0.0870. The first-order valence-electron chi connectivity index (χ1n) is 9.27. The molecular weight excluding hydrogens is 348 g/mol. The van der Waals surface area contributed by atoms with Crippen molar-refractivity contribution in [3.63, 3.8) is 0 Å². The minimum atomic E-state index is -0.209. The van der Waals surface area contributed by atoms with Gasteiger partial charge in [-0.25, -0.2) is 5.10 Å². The highest BCUT2D eigenvalue weighted by Gasteiger charge is 2.12. The molecule has 0 unspecified atom stereocenters. The van der Waals surface area contributed by atoms with Crippen molar-refractivity contribution >= 4 is 16.6 Å². The number of hydrogen-bond donors (Lipinski definition) is 1. The van der Waals surface area contributed by atoms with Gasteiger partial charge in [-0.2, -0.15) is 5.10 Å². The largest absolute Gasteiger partial charge is 0.348 e. The van der Waals surface area contributed by atoms with Gasteiger partial charge in [0, 0.05) is 35.6 Å². The summed E-state index contributed by atoms with van der Waals surface area (Å²) in [6.45, 7) is 1.01. The van der Waals surface area contributed by atoms with Crippen molar-refractivity contribution < 1.29 is 0 Å². The Hall–Kier alpha value is -3.73. The van der Waals surface area contributed by atoms with Gasteiger partial charge in [0.05, 0.1) is 16.8 Å². The van der Waals surface area contributed by atoms with Crippen LogP contribution in [0.2, 0.25) is 0 Å². The van der Waals surface area contributed by atoms with Crippen LogP contribution >= 0.6 is 0 Å². The normalized spacial score (nSPS) is 13.4. The highest BCUT2D eigenvalue weighted by molar-refractivity contribution is 5.94. The minimum absolute atomic E-state index is 0.209. The van der Waals surface area contributed by atoms with Crippen LogP contribution in [0, 0.1) is 0 Å². The van der Waals surface area contributed by atoms with Crippen LogP contribution in [0.5, 0.6) is 0 Å². The molecule has 1 aliphatic rings. The van der Waals surface area contributed by atoms with Crippen LogP contribution in [0.3, 0.4) is 0 Å². The number of nitrogens with zero attached hydrogens (tertiary/aromatic N) is 3. The van der Waals surface area contributed by atoms with Crippen LogP contribution in [0.4, 0.5) is 5.69 Å². The van der Waals surface area contributed by atoms with Crippen LogP contribution in [-0.2, 0) is 0 Å². The van der Waals surface area contributed by atoms with Gasteiger partial charge < -0.3 is 4.90 Å². The lowest BCUT2D eigenvalue weighted by atomic mass is 10.0. The molecule has 136 valence electrons. The number of pyridine rings is 1. The zero-order chi connectivity index (χ0) is 18.9. The molecule has 0 spiro atoms. The number of nitrogens with one attached hydrogen (secondary N) is 1. The van der Waals surface area contributed by atoms with E-state index in [1.807, 2.05) is 48.5 Å². The van der Waals surface area contributed by atoms with E-state index < -0.39 is 0 Å². The number of aromatic nitrogens is 3. The number of rotatable bonds is 3. The zero-order valence-corrected chi connectivity index (χ0v) is 15.2. The maximum Gasteiger partial charge on any atom is 0.272 e. The first-order valence-corrected chi connectivity index (χ1v) is 9.27. The highest BCUT2D eigenvalue weighted by atomic mass is 16.1. The van der Waals surface area contributed by atoms with Gasteiger partial charge in [0.1, 0.15) is 0 Å². The molecule has 5 heteroatoms. The van der Waals surface area contributed by atoms with E-state index in [1.54, 1.807) is 6.20 Å². The third-order valence-corrected chi connectivity index (χ3v) is 5.06. The Morgan fingerprint density at radius 1 is 0.964 bits per heavy atom. The first kappa shape index (κ1) is 16.4. The molecule has 0 radical (unpaired) electrons. The molecule has 1 aliphatic heterocycles. The average molecular weight is 366 g/mol. The quantitative estimate of drug-likeness (QED) is 0.585. The molecule has 2 aromatic heterocycles. The molecule has 0 bridgehead atoms. The Balaban J connectivity index is 1.58. The summed E-state index contributed by atoms with van der Waals surface area (Å²) >= 11 is 0. The van der Waals surface area contributed by atoms with Crippen molar-refractivity contribution in [2.45, 2.75) is 6.42 Å². The molecule has 2 aromatic carbocycles. The fourth-order valence-corrected chi connectivity index (χ4v) is 3.62. The summed E-state index contributed by atoms with van der Waals surface area (Å²) in [5.74, 6) is 0. The zero-order valence-electron chi connectivity index (χ0n) is 15.2. The van der Waals surface area contributed by atoms with E-state index >= 15 is 0 Å². The number of hydrogen-bond acceptors (Lipinski definition) is 4. The van der Waals surface area contributed by atoms with Crippen molar-refractivity contribution in [2.24, 2.45) is 0 Å². The SMILES string of the molecule is O=c1[nH]nc(-c2ccc(N3C=CCC3)cc2)cc1-c1cccc2ncccc12. The van der Waals surface area contributed by atoms with Gasteiger partial charge in [-0.1, -0.05) is 36.4 Å². The average Bonchev–Trinajstić information content (AvgIpc) is 3.29. The molecule has 5 rings (SSSR count). The molecule has 1 N–H and O–H groups in total. The second-order valence-electron chi connectivity index (χ2n) is 6.79. The summed E-state index contributed by atoms with van der Waals surface area (Å²) in [5.41, 5.74) is 4.95. The van der Waals surface area contributed by atoms with E-state index in [4.69, 9.17) is 0 Å². The molecule has 0 amide bonds. The number of anilines is 1. The molecule has 0 fully saturated rings. The molecule has 0 aliphatic carbocycles. The van der Waals surface area contributed by atoms with Crippen molar-refractivity contribution in [1.82, 2.24) is 15.2 Å². The summed E-state index contributed by atoms with van der Waals surface area (Å²) in [6.07, 6.45) is 7.11. The maximum atomic E-state index is 12.5. The maximum absolute atomic E-state index is 12.5. The standard InChI is InChI=1S/C23H18N4O/c28-23-20(18-5-3-7-21-19(18)6-4-12-24-21)15-22(25-26-23)16-8-10-17(11-9-16)27-13-1-2-14-27/h1,3-13,15H,2,14H2,(H,26,28). The Bertz CT molecular complexity index is 1240. The molecule has 0 saturated carbocycles. The second-order valence-corrected chi connectivity index (χ2v) is 6.79. The minimum Gasteiger partial charge on any atom is -0.348 e. The summed E-state index contributed by atoms with van der Waals surface area (Å²) < 4.78 is 0. The molecular formula is C23H18N4O. The Morgan fingerprint density at radius 3 is 2.68 bits per heavy atom. The molecule has 5 nitrogen and oxygen atoms in total. The molecule has 4 aromatic rings. The summed E-state index contributed by atoms with van der Waals surface area (Å²) in [5, 5.41) is 7.86. The van der Waals surface area contributed by atoms with E-state index in [2.05, 4.69) is 44.5 Å². The third-order valence-electron chi connectivity index (χ3n) is 5.06. The lowest BCUT2D eigenvalue weighted by molar-refractivity contribution is 0.994. The molecule has 0 saturated heterocycles. The first-order chi connectivity index (χ1) is 13.8. The fourth-order valence-electron chi connectivity index (χ4n) is 3.62. The van der Waals surface area contributed by atoms with Crippen molar-refractivity contribution in [3.05, 3.63) is 89.5 Å². The van der Waals surface area contributed by atoms with Gasteiger partial charge in [-0.05, 0) is 42.3 Å². The van der Waals surface area contributed by atoms with E-state index in [1.165, 1.54) is 0 Å². The van der Waals surface area contributed by atoms with Crippen LogP contribution < -0.4 is 10.5 Å². The topological polar surface area (TPSA) is 61.9 Å². The third kappa shape index (κ3) is 2.87. The highest BCUT2D eigenvalue weighted by Crippen LogP contribution is 2.28. The van der Waals surface area contributed by atoms with Crippen molar-refractivity contribution in [1.29, 1.82) is 0 Å². The van der Waals surface area contributed by atoms with Crippen molar-refractivity contribution in [3.8, 4) is 22.4 Å². The predicted molar refractivity (Wildman–Crippen MR) is 112 cm³/mol. The van der Waals surface area contributed by atoms with Crippen LogP contribution in [-0.4, -0.2) is 21.7 Å². The van der Waals surface area contributed by atoms with Gasteiger partial charge in [0.25, 0.3) is 5.56 Å². The number of aromatic amines is 1. The number of benzene rings is 2. The van der Waals surface area contributed by atoms with E-state index in [-0.39, 0.29) is 5.56 Å². The van der Waals surface area contributed by atoms with Gasteiger partial charge in [-0.15, -0.1) is 0 Å². The van der Waals surface area contributed by atoms with Gasteiger partial charge in [-0.3, -0.25) is 9.78 Å². The van der Waals surface area contributed by atoms with Gasteiger partial charge in [0.2, 0.25) is 0 Å². The Kier molecular flexibility index (Phi) is 3.98. The summed E-state index contributed by atoms with van der Waals surface area (Å²) in [7, 11) is 0.